The lowest BCUT2D eigenvalue weighted by Gasteiger charge is -2.30. The van der Waals surface area contributed by atoms with Crippen molar-refractivity contribution in [1.29, 1.82) is 0 Å². The molecule has 4 amide bonds. The van der Waals surface area contributed by atoms with Gasteiger partial charge in [0.05, 0.1) is 29.2 Å². The van der Waals surface area contributed by atoms with Crippen molar-refractivity contribution in [1.82, 2.24) is 10.2 Å². The summed E-state index contributed by atoms with van der Waals surface area (Å²) in [7, 11) is 0. The third-order valence-corrected chi connectivity index (χ3v) is 11.5. The number of nitro groups is 1. The van der Waals surface area contributed by atoms with E-state index in [1.54, 1.807) is 105 Å². The molecule has 0 aliphatic carbocycles. The number of nitrogens with zero attached hydrogens (tertiary/aromatic N) is 2. The predicted octanol–water partition coefficient (Wildman–Crippen LogP) is 9.01. The molecule has 1 unspecified atom stereocenters. The third kappa shape index (κ3) is 11.3. The molecular formula is C45H43N5O9S2. The molecule has 0 spiro atoms. The number of carbonyl (C=O) groups excluding carboxylic acids is 5. The maximum Gasteiger partial charge on any atom is 0.410 e. The summed E-state index contributed by atoms with van der Waals surface area (Å²) < 4.78 is 11.0. The van der Waals surface area contributed by atoms with Gasteiger partial charge in [-0.3, -0.25) is 24.5 Å². The first kappa shape index (κ1) is 43.8. The van der Waals surface area contributed by atoms with Gasteiger partial charge in [0.2, 0.25) is 5.91 Å². The fourth-order valence-corrected chi connectivity index (χ4v) is 8.66. The Labute approximate surface area is 360 Å². The first-order chi connectivity index (χ1) is 29.2. The molecule has 1 aromatic heterocycles. The van der Waals surface area contributed by atoms with E-state index >= 15 is 0 Å². The summed E-state index contributed by atoms with van der Waals surface area (Å²) >= 11 is 2.41. The maximum absolute atomic E-state index is 14.4. The topological polar surface area (TPSA) is 186 Å². The van der Waals surface area contributed by atoms with Crippen LogP contribution in [0, 0.1) is 10.1 Å². The molecule has 0 bridgehead atoms. The molecule has 2 heterocycles. The summed E-state index contributed by atoms with van der Waals surface area (Å²) in [6.45, 7) is 7.70. The molecule has 14 nitrogen and oxygen atoms in total. The molecule has 0 saturated heterocycles. The molecule has 1 aliphatic heterocycles. The van der Waals surface area contributed by atoms with Crippen molar-refractivity contribution in [3.63, 3.8) is 0 Å². The zero-order valence-corrected chi connectivity index (χ0v) is 35.4. The predicted molar refractivity (Wildman–Crippen MR) is 234 cm³/mol. The van der Waals surface area contributed by atoms with Gasteiger partial charge in [0.25, 0.3) is 17.5 Å². The quantitative estimate of drug-likeness (QED) is 0.0339. The van der Waals surface area contributed by atoms with Crippen LogP contribution in [0.4, 0.5) is 21.2 Å². The van der Waals surface area contributed by atoms with E-state index in [-0.39, 0.29) is 41.2 Å². The Kier molecular flexibility index (Phi) is 14.0. The average molecular weight is 862 g/mol. The number of carbonyl (C=O) groups is 5. The number of anilines is 2. The van der Waals surface area contributed by atoms with Gasteiger partial charge in [-0.05, 0) is 87.7 Å². The Hall–Kier alpha value is -6.78. The van der Waals surface area contributed by atoms with E-state index in [2.05, 4.69) is 16.0 Å². The highest BCUT2D eigenvalue weighted by Gasteiger charge is 2.34. The first-order valence-electron chi connectivity index (χ1n) is 19.3. The number of fused-ring (bicyclic) bond motifs is 1. The molecule has 5 aromatic rings. The van der Waals surface area contributed by atoms with Crippen LogP contribution in [0.15, 0.2) is 120 Å². The summed E-state index contributed by atoms with van der Waals surface area (Å²) in [4.78, 5) is 81.9. The molecule has 1 aliphatic rings. The third-order valence-electron chi connectivity index (χ3n) is 9.07. The van der Waals surface area contributed by atoms with Crippen LogP contribution in [-0.4, -0.2) is 58.4 Å². The molecule has 0 fully saturated rings. The van der Waals surface area contributed by atoms with Crippen molar-refractivity contribution in [2.75, 3.05) is 23.8 Å². The Morgan fingerprint density at radius 2 is 1.61 bits per heavy atom. The van der Waals surface area contributed by atoms with Crippen molar-refractivity contribution in [3.8, 4) is 0 Å². The number of thiophene rings is 1. The highest BCUT2D eigenvalue weighted by molar-refractivity contribution is 8.00. The summed E-state index contributed by atoms with van der Waals surface area (Å²) in [6.07, 6.45) is 1.13. The number of hydrogen-bond donors (Lipinski definition) is 3. The lowest BCUT2D eigenvalue weighted by molar-refractivity contribution is -0.385. The van der Waals surface area contributed by atoms with Crippen molar-refractivity contribution < 1.29 is 38.4 Å². The van der Waals surface area contributed by atoms with Gasteiger partial charge < -0.3 is 30.3 Å². The molecule has 16 heteroatoms. The zero-order valence-electron chi connectivity index (χ0n) is 33.8. The van der Waals surface area contributed by atoms with Crippen LogP contribution in [-0.2, 0) is 32.0 Å². The molecule has 6 rings (SSSR count). The van der Waals surface area contributed by atoms with Crippen molar-refractivity contribution in [3.05, 3.63) is 158 Å². The highest BCUT2D eigenvalue weighted by Crippen LogP contribution is 2.41. The number of ether oxygens (including phenoxy) is 2. The summed E-state index contributed by atoms with van der Waals surface area (Å²) in [5.74, 6) is -2.36. The second-order valence-corrected chi connectivity index (χ2v) is 16.9. The number of esters is 1. The Morgan fingerprint density at radius 3 is 2.30 bits per heavy atom. The van der Waals surface area contributed by atoms with E-state index in [0.717, 1.165) is 4.88 Å². The number of thioether (sulfide) groups is 1. The van der Waals surface area contributed by atoms with Gasteiger partial charge >= 0.3 is 12.1 Å². The van der Waals surface area contributed by atoms with E-state index in [1.165, 1.54) is 47.4 Å². The lowest BCUT2D eigenvalue weighted by atomic mass is 10.0. The molecular weight excluding hydrogens is 819 g/mol. The summed E-state index contributed by atoms with van der Waals surface area (Å²) in [5, 5.41) is 19.6. The van der Waals surface area contributed by atoms with E-state index in [1.807, 2.05) is 18.2 Å². The zero-order chi connectivity index (χ0) is 43.7. The van der Waals surface area contributed by atoms with E-state index in [0.29, 0.717) is 39.7 Å². The van der Waals surface area contributed by atoms with Crippen LogP contribution in [0.2, 0.25) is 0 Å². The molecule has 3 N–H and O–H groups in total. The van der Waals surface area contributed by atoms with E-state index in [4.69, 9.17) is 9.47 Å². The van der Waals surface area contributed by atoms with Crippen LogP contribution in [0.5, 0.6) is 0 Å². The molecule has 1 atom stereocenters. The van der Waals surface area contributed by atoms with E-state index < -0.39 is 45.6 Å². The fraction of sp³-hybridized carbons (Fsp3) is 0.222. The maximum atomic E-state index is 14.4. The second-order valence-electron chi connectivity index (χ2n) is 14.7. The standard InChI is InChI=1S/C45H43N5O9S2/c1-5-58-43(54)37-33-23-24-49(44(55)59-45(2,3)4)27-36(33)61-42(37)48-41(53)38(28-15-8-6-9-16-28)60-32-21-14-20-31(26-32)46-40(52)34(47-39(51)29-17-10-7-11-18-29)25-30-19-12-13-22-35(30)50(56)57/h6-22,25-26,38H,5,23-24,27H2,1-4H3,(H,46,52)(H,47,51)(H,48,53)/b34-25+. The Balaban J connectivity index is 1.27. The number of para-hydroxylation sites is 1. The van der Waals surface area contributed by atoms with Crippen LogP contribution in [0.25, 0.3) is 6.08 Å². The molecule has 4 aromatic carbocycles. The molecule has 314 valence electrons. The smallest absolute Gasteiger partial charge is 0.410 e. The number of nitrogens with one attached hydrogen (secondary N) is 3. The van der Waals surface area contributed by atoms with Gasteiger partial charge in [-0.15, -0.1) is 23.1 Å². The Morgan fingerprint density at radius 1 is 0.918 bits per heavy atom. The lowest BCUT2D eigenvalue weighted by Crippen LogP contribution is -2.39. The van der Waals surface area contributed by atoms with E-state index in [9.17, 15) is 34.1 Å². The number of nitro benzene ring substituents is 1. The Bertz CT molecular complexity index is 2480. The van der Waals surface area contributed by atoms with Gasteiger partial charge in [0, 0.05) is 33.6 Å². The highest BCUT2D eigenvalue weighted by atomic mass is 32.2. The van der Waals surface area contributed by atoms with Crippen molar-refractivity contribution in [2.24, 2.45) is 0 Å². The monoisotopic (exact) mass is 861 g/mol. The summed E-state index contributed by atoms with van der Waals surface area (Å²) in [6, 6.07) is 29.9. The van der Waals surface area contributed by atoms with Crippen LogP contribution >= 0.6 is 23.1 Å². The molecule has 0 radical (unpaired) electrons. The minimum atomic E-state index is -0.848. The van der Waals surface area contributed by atoms with Gasteiger partial charge in [-0.2, -0.15) is 0 Å². The molecule has 61 heavy (non-hydrogen) atoms. The van der Waals surface area contributed by atoms with Gasteiger partial charge in [-0.1, -0.05) is 66.7 Å². The van der Waals surface area contributed by atoms with Gasteiger partial charge in [-0.25, -0.2) is 9.59 Å². The molecule has 0 saturated carbocycles. The normalized spacial score (nSPS) is 13.0. The number of hydrogen-bond acceptors (Lipinski definition) is 11. The SMILES string of the molecule is CCOC(=O)c1c(NC(=O)C(Sc2cccc(NC(=O)/C(=C\c3ccccc3[N+](=O)[O-])NC(=O)c3ccccc3)c2)c2ccccc2)sc2c1CCN(C(=O)OC(C)(C)C)C2. The van der Waals surface area contributed by atoms with Crippen LogP contribution in [0.1, 0.15) is 75.2 Å². The first-order valence-corrected chi connectivity index (χ1v) is 20.9. The van der Waals surface area contributed by atoms with Crippen LogP contribution in [0.3, 0.4) is 0 Å². The number of benzene rings is 4. The number of amides is 4. The average Bonchev–Trinajstić information content (AvgIpc) is 3.60. The van der Waals surface area contributed by atoms with Crippen LogP contribution < -0.4 is 16.0 Å². The number of rotatable bonds is 13. The fourth-order valence-electron chi connectivity index (χ4n) is 6.33. The van der Waals surface area contributed by atoms with Crippen molar-refractivity contribution in [2.45, 2.75) is 56.4 Å². The van der Waals surface area contributed by atoms with Gasteiger partial charge in [0.1, 0.15) is 21.5 Å². The minimum absolute atomic E-state index is 0.102. The minimum Gasteiger partial charge on any atom is -0.462 e. The second kappa shape index (κ2) is 19.5. The summed E-state index contributed by atoms with van der Waals surface area (Å²) in [5.41, 5.74) is 1.12. The van der Waals surface area contributed by atoms with Gasteiger partial charge in [0.15, 0.2) is 0 Å². The largest absolute Gasteiger partial charge is 0.462 e. The van der Waals surface area contributed by atoms with Crippen molar-refractivity contribution >= 4 is 75.3 Å².